The fourth-order valence-corrected chi connectivity index (χ4v) is 7.01. The zero-order chi connectivity index (χ0) is 29.1. The van der Waals surface area contributed by atoms with Crippen LogP contribution >= 0.6 is 0 Å². The van der Waals surface area contributed by atoms with Gasteiger partial charge in [0.15, 0.2) is 0 Å². The molecule has 11 heteroatoms. The lowest BCUT2D eigenvalue weighted by atomic mass is 10.00. The second-order valence-electron chi connectivity index (χ2n) is 11.9. The van der Waals surface area contributed by atoms with Gasteiger partial charge in [0.25, 0.3) is 11.5 Å². The maximum Gasteiger partial charge on any atom is 0.273 e. The van der Waals surface area contributed by atoms with Crippen molar-refractivity contribution < 1.29 is 9.90 Å². The SMILES string of the molecule is CN1CCN2C(=CC(Nc3cc(-c4ccnc(N5CCc6c(cc7n6CCCC7)C5=O)c4CO)cn(C)c3=O)N2C)C1. The van der Waals surface area contributed by atoms with Crippen molar-refractivity contribution in [2.75, 3.05) is 50.5 Å². The normalized spacial score (nSPS) is 20.8. The monoisotopic (exact) mass is 570 g/mol. The first kappa shape index (κ1) is 26.9. The van der Waals surface area contributed by atoms with Crippen molar-refractivity contribution >= 4 is 17.4 Å². The van der Waals surface area contributed by atoms with E-state index in [4.69, 9.17) is 0 Å². The highest BCUT2D eigenvalue weighted by Gasteiger charge is 2.34. The number of aromatic nitrogens is 3. The number of likely N-dealkylation sites (N-methyl/N-ethyl adjacent to an activating group) is 2. The Morgan fingerprint density at radius 1 is 1.02 bits per heavy atom. The lowest BCUT2D eigenvalue weighted by Gasteiger charge is -2.38. The zero-order valence-corrected chi connectivity index (χ0v) is 24.5. The minimum Gasteiger partial charge on any atom is -0.392 e. The van der Waals surface area contributed by atoms with Crippen LogP contribution in [0.3, 0.4) is 0 Å². The number of hydrazine groups is 1. The highest BCUT2D eigenvalue weighted by atomic mass is 16.3. The third kappa shape index (κ3) is 4.34. The summed E-state index contributed by atoms with van der Waals surface area (Å²) in [5.74, 6) is 0.402. The number of hydrogen-bond donors (Lipinski definition) is 2. The second kappa shape index (κ2) is 10.4. The fourth-order valence-electron chi connectivity index (χ4n) is 7.01. The molecule has 11 nitrogen and oxygen atoms in total. The molecule has 0 aliphatic carbocycles. The lowest BCUT2D eigenvalue weighted by molar-refractivity contribution is 0.0130. The molecule has 2 N–H and O–H groups in total. The van der Waals surface area contributed by atoms with Crippen molar-refractivity contribution in [2.45, 2.75) is 45.0 Å². The number of nitrogens with one attached hydrogen (secondary N) is 1. The molecular weight excluding hydrogens is 532 g/mol. The molecule has 1 fully saturated rings. The molecule has 4 aliphatic heterocycles. The molecule has 0 saturated carbocycles. The number of amides is 1. The number of anilines is 2. The van der Waals surface area contributed by atoms with E-state index in [1.165, 1.54) is 11.4 Å². The number of piperazine rings is 1. The molecular formula is C31H38N8O3. The quantitative estimate of drug-likeness (QED) is 0.481. The van der Waals surface area contributed by atoms with Gasteiger partial charge < -0.3 is 24.6 Å². The Balaban J connectivity index is 1.22. The Labute approximate surface area is 245 Å². The maximum absolute atomic E-state index is 13.8. The summed E-state index contributed by atoms with van der Waals surface area (Å²) in [4.78, 5) is 35.6. The van der Waals surface area contributed by atoms with E-state index in [2.05, 4.69) is 49.0 Å². The van der Waals surface area contributed by atoms with Gasteiger partial charge in [-0.15, -0.1) is 0 Å². The van der Waals surface area contributed by atoms with Gasteiger partial charge in [-0.25, -0.2) is 4.98 Å². The number of aliphatic hydroxyl groups excluding tert-OH is 1. The van der Waals surface area contributed by atoms with Gasteiger partial charge in [0, 0.05) is 93.8 Å². The summed E-state index contributed by atoms with van der Waals surface area (Å²) in [5.41, 5.74) is 6.75. The minimum absolute atomic E-state index is 0.0697. The molecule has 0 spiro atoms. The van der Waals surface area contributed by atoms with Crippen LogP contribution in [-0.4, -0.2) is 86.5 Å². The molecule has 0 radical (unpaired) electrons. The Bertz CT molecular complexity index is 1660. The molecule has 1 unspecified atom stereocenters. The van der Waals surface area contributed by atoms with E-state index in [0.717, 1.165) is 74.2 Å². The number of fused-ring (bicyclic) bond motifs is 4. The number of carbonyl (C=O) groups is 1. The molecule has 4 aliphatic rings. The molecule has 7 heterocycles. The number of pyridine rings is 2. The average Bonchev–Trinajstić information content (AvgIpc) is 3.52. The van der Waals surface area contributed by atoms with Crippen molar-refractivity contribution in [1.82, 2.24) is 29.0 Å². The third-order valence-corrected chi connectivity index (χ3v) is 9.24. The molecule has 220 valence electrons. The third-order valence-electron chi connectivity index (χ3n) is 9.24. The molecule has 1 atom stereocenters. The van der Waals surface area contributed by atoms with E-state index in [1.807, 2.05) is 19.2 Å². The van der Waals surface area contributed by atoms with Crippen LogP contribution in [0.2, 0.25) is 0 Å². The van der Waals surface area contributed by atoms with Gasteiger partial charge in [0.1, 0.15) is 17.7 Å². The van der Waals surface area contributed by atoms with Gasteiger partial charge in [-0.3, -0.25) is 19.4 Å². The first-order valence-electron chi connectivity index (χ1n) is 14.8. The van der Waals surface area contributed by atoms with Crippen LogP contribution in [0.4, 0.5) is 11.5 Å². The van der Waals surface area contributed by atoms with Crippen LogP contribution < -0.4 is 15.8 Å². The van der Waals surface area contributed by atoms with Gasteiger partial charge in [0.05, 0.1) is 12.2 Å². The van der Waals surface area contributed by atoms with Crippen molar-refractivity contribution in [3.63, 3.8) is 0 Å². The summed E-state index contributed by atoms with van der Waals surface area (Å²) in [6.07, 6.45) is 9.52. The molecule has 7 rings (SSSR count). The molecule has 0 bridgehead atoms. The smallest absolute Gasteiger partial charge is 0.273 e. The van der Waals surface area contributed by atoms with E-state index < -0.39 is 0 Å². The fraction of sp³-hybridized carbons (Fsp3) is 0.452. The van der Waals surface area contributed by atoms with Crippen LogP contribution in [0.5, 0.6) is 0 Å². The van der Waals surface area contributed by atoms with Gasteiger partial charge in [-0.2, -0.15) is 5.01 Å². The summed E-state index contributed by atoms with van der Waals surface area (Å²) in [6.45, 7) is 3.94. The summed E-state index contributed by atoms with van der Waals surface area (Å²) in [5, 5.41) is 18.5. The first-order chi connectivity index (χ1) is 20.3. The van der Waals surface area contributed by atoms with Crippen molar-refractivity contribution in [3.8, 4) is 11.1 Å². The molecule has 3 aromatic rings. The second-order valence-corrected chi connectivity index (χ2v) is 11.9. The molecule has 1 saturated heterocycles. The highest BCUT2D eigenvalue weighted by Crippen LogP contribution is 2.35. The van der Waals surface area contributed by atoms with E-state index >= 15 is 0 Å². The maximum atomic E-state index is 13.8. The van der Waals surface area contributed by atoms with Crippen LogP contribution in [-0.2, 0) is 33.0 Å². The van der Waals surface area contributed by atoms with Gasteiger partial charge in [-0.1, -0.05) is 0 Å². The number of hydrogen-bond acceptors (Lipinski definition) is 8. The Kier molecular flexibility index (Phi) is 6.68. The summed E-state index contributed by atoms with van der Waals surface area (Å²) < 4.78 is 3.89. The standard InChI is InChI=1S/C31H38N8O3/c1-34-12-13-39-22(18-34)16-28(36(39)3)33-26-14-20(17-35(2)31(26)42)23-7-9-32-29(25(23)19-40)38-11-8-27-24(30(38)41)15-21-6-4-5-10-37(21)27/h7,9,14-17,28,33,40H,4-6,8,10-13,18-19H2,1-3H3. The Morgan fingerprint density at radius 2 is 1.88 bits per heavy atom. The lowest BCUT2D eigenvalue weighted by Crippen LogP contribution is -2.49. The number of nitrogens with zero attached hydrogens (tertiary/aromatic N) is 7. The first-order valence-corrected chi connectivity index (χ1v) is 14.8. The van der Waals surface area contributed by atoms with E-state index in [1.54, 1.807) is 28.9 Å². The molecule has 3 aromatic heterocycles. The van der Waals surface area contributed by atoms with Gasteiger partial charge in [0.2, 0.25) is 0 Å². The predicted octanol–water partition coefficient (Wildman–Crippen LogP) is 2.01. The number of aryl methyl sites for hydroxylation is 2. The number of rotatable bonds is 5. The van der Waals surface area contributed by atoms with Crippen LogP contribution in [0.15, 0.2) is 47.2 Å². The molecule has 42 heavy (non-hydrogen) atoms. The predicted molar refractivity (Wildman–Crippen MR) is 161 cm³/mol. The van der Waals surface area contributed by atoms with E-state index in [-0.39, 0.29) is 24.2 Å². The van der Waals surface area contributed by atoms with E-state index in [0.29, 0.717) is 23.6 Å². The van der Waals surface area contributed by atoms with Crippen molar-refractivity contribution in [2.24, 2.45) is 7.05 Å². The average molecular weight is 571 g/mol. The van der Waals surface area contributed by atoms with Crippen molar-refractivity contribution in [1.29, 1.82) is 0 Å². The zero-order valence-electron chi connectivity index (χ0n) is 24.5. The van der Waals surface area contributed by atoms with Crippen LogP contribution in [0.25, 0.3) is 11.1 Å². The highest BCUT2D eigenvalue weighted by molar-refractivity contribution is 6.08. The Morgan fingerprint density at radius 3 is 2.71 bits per heavy atom. The summed E-state index contributed by atoms with van der Waals surface area (Å²) in [7, 11) is 5.88. The van der Waals surface area contributed by atoms with Crippen LogP contribution in [0.1, 0.15) is 40.2 Å². The summed E-state index contributed by atoms with van der Waals surface area (Å²) in [6, 6.07) is 5.74. The summed E-state index contributed by atoms with van der Waals surface area (Å²) >= 11 is 0. The number of carbonyl (C=O) groups excluding carboxylic acids is 1. The largest absolute Gasteiger partial charge is 0.392 e. The van der Waals surface area contributed by atoms with Crippen LogP contribution in [0, 0.1) is 0 Å². The molecule has 1 amide bonds. The van der Waals surface area contributed by atoms with E-state index in [9.17, 15) is 14.7 Å². The van der Waals surface area contributed by atoms with Crippen molar-refractivity contribution in [3.05, 3.63) is 75.2 Å². The topological polar surface area (TPSA) is 102 Å². The van der Waals surface area contributed by atoms with Gasteiger partial charge in [-0.05, 0) is 56.1 Å². The van der Waals surface area contributed by atoms with Gasteiger partial charge >= 0.3 is 0 Å². The minimum atomic E-state index is -0.285. The molecule has 0 aromatic carbocycles. The number of aliphatic hydroxyl groups is 1. The Hall–Kier alpha value is -3.93.